The topological polar surface area (TPSA) is 81.7 Å². The summed E-state index contributed by atoms with van der Waals surface area (Å²) in [6.45, 7) is 10.4. The molecule has 2 aromatic carbocycles. The van der Waals surface area contributed by atoms with Crippen molar-refractivity contribution in [3.05, 3.63) is 70.7 Å². The Labute approximate surface area is 207 Å². The maximum absolute atomic E-state index is 13.5. The van der Waals surface area contributed by atoms with Gasteiger partial charge in [0, 0.05) is 23.5 Å². The molecule has 1 aliphatic rings. The number of aliphatic hydroxyl groups is 1. The Morgan fingerprint density at radius 3 is 2.18 bits per heavy atom. The van der Waals surface area contributed by atoms with Crippen LogP contribution in [0.5, 0.6) is 0 Å². The zero-order chi connectivity index (χ0) is 25.1. The minimum Gasteiger partial charge on any atom is -0.384 e. The number of carbonyl (C=O) groups excluding carboxylic acids is 2. The molecule has 2 aromatic rings. The van der Waals surface area contributed by atoms with Gasteiger partial charge in [0.05, 0.1) is 11.6 Å². The molecule has 7 heteroatoms. The van der Waals surface area contributed by atoms with Crippen LogP contribution in [0.25, 0.3) is 0 Å². The van der Waals surface area contributed by atoms with Gasteiger partial charge in [-0.3, -0.25) is 4.79 Å². The van der Waals surface area contributed by atoms with E-state index in [1.807, 2.05) is 77.1 Å². The molecular weight excluding hydrogens is 450 g/mol. The first-order valence-electron chi connectivity index (χ1n) is 11.8. The molecule has 0 saturated carbocycles. The molecule has 1 saturated heterocycles. The Morgan fingerprint density at radius 2 is 1.62 bits per heavy atom. The third-order valence-electron chi connectivity index (χ3n) is 6.95. The lowest BCUT2D eigenvalue weighted by Crippen LogP contribution is -2.61. The molecule has 1 unspecified atom stereocenters. The Balaban J connectivity index is 1.69. The van der Waals surface area contributed by atoms with Crippen molar-refractivity contribution in [3.8, 4) is 0 Å². The molecule has 184 valence electrons. The van der Waals surface area contributed by atoms with Crippen molar-refractivity contribution in [2.75, 3.05) is 13.1 Å². The monoisotopic (exact) mass is 485 g/mol. The first kappa shape index (κ1) is 26.0. The number of piperidine rings is 1. The third-order valence-corrected chi connectivity index (χ3v) is 7.20. The second-order valence-electron chi connectivity index (χ2n) is 10.2. The van der Waals surface area contributed by atoms with Crippen molar-refractivity contribution in [1.82, 2.24) is 15.5 Å². The summed E-state index contributed by atoms with van der Waals surface area (Å²) >= 11 is 6.03. The van der Waals surface area contributed by atoms with Crippen LogP contribution in [0, 0.1) is 11.3 Å². The lowest BCUT2D eigenvalue weighted by Gasteiger charge is -2.51. The van der Waals surface area contributed by atoms with E-state index in [1.165, 1.54) is 0 Å². The third kappa shape index (κ3) is 5.56. The quantitative estimate of drug-likeness (QED) is 0.546. The highest BCUT2D eigenvalue weighted by atomic mass is 35.5. The minimum atomic E-state index is -1.09. The van der Waals surface area contributed by atoms with Gasteiger partial charge in [-0.15, -0.1) is 0 Å². The molecule has 3 amide bonds. The van der Waals surface area contributed by atoms with Crippen molar-refractivity contribution in [2.24, 2.45) is 11.3 Å². The minimum absolute atomic E-state index is 0.0922. The first-order valence-corrected chi connectivity index (χ1v) is 12.2. The number of hydrogen-bond donors (Lipinski definition) is 3. The summed E-state index contributed by atoms with van der Waals surface area (Å²) < 4.78 is 0. The molecular formula is C27H36ClN3O3. The summed E-state index contributed by atoms with van der Waals surface area (Å²) in [6, 6.07) is 15.7. The molecule has 3 rings (SSSR count). The van der Waals surface area contributed by atoms with Gasteiger partial charge in [-0.25, -0.2) is 4.79 Å². The van der Waals surface area contributed by atoms with E-state index in [-0.39, 0.29) is 23.9 Å². The largest absolute Gasteiger partial charge is 0.384 e. The molecule has 1 heterocycles. The predicted molar refractivity (Wildman–Crippen MR) is 135 cm³/mol. The molecule has 3 N–H and O–H groups in total. The van der Waals surface area contributed by atoms with Gasteiger partial charge in [0.2, 0.25) is 5.91 Å². The lowest BCUT2D eigenvalue weighted by atomic mass is 9.66. The normalized spacial score (nSPS) is 21.6. The van der Waals surface area contributed by atoms with Gasteiger partial charge in [-0.1, -0.05) is 81.8 Å². The van der Waals surface area contributed by atoms with Gasteiger partial charge in [0.25, 0.3) is 0 Å². The van der Waals surface area contributed by atoms with Crippen molar-refractivity contribution in [1.29, 1.82) is 0 Å². The SMILES string of the molecule is CC(C)[C@@H](NC(=O)N[C@@H](C)c1ccccc1)C(=O)N1CCC(O)(c2ccc(Cl)cc2)C(C)(C)C1. The molecule has 1 aliphatic heterocycles. The number of halogens is 1. The van der Waals surface area contributed by atoms with E-state index in [0.29, 0.717) is 24.5 Å². The standard InChI is InChI=1S/C27H36ClN3O3/c1-18(2)23(30-25(33)29-19(3)20-9-7-6-8-10-20)24(32)31-16-15-27(34,26(4,5)17-31)21-11-13-22(28)14-12-21/h6-14,18-19,23,34H,15-17H2,1-5H3,(H2,29,30,33)/t19-,23+,27?/m0/s1. The fourth-order valence-corrected chi connectivity index (χ4v) is 4.81. The molecule has 0 spiro atoms. The van der Waals surface area contributed by atoms with Gasteiger partial charge in [-0.2, -0.15) is 0 Å². The van der Waals surface area contributed by atoms with Gasteiger partial charge < -0.3 is 20.6 Å². The Bertz CT molecular complexity index is 994. The lowest BCUT2D eigenvalue weighted by molar-refractivity contribution is -0.155. The van der Waals surface area contributed by atoms with E-state index in [4.69, 9.17) is 11.6 Å². The zero-order valence-electron chi connectivity index (χ0n) is 20.6. The van der Waals surface area contributed by atoms with E-state index < -0.39 is 17.1 Å². The van der Waals surface area contributed by atoms with Crippen LogP contribution < -0.4 is 10.6 Å². The number of amides is 3. The highest BCUT2D eigenvalue weighted by Crippen LogP contribution is 2.46. The van der Waals surface area contributed by atoms with Crippen LogP contribution in [0.15, 0.2) is 54.6 Å². The summed E-state index contributed by atoms with van der Waals surface area (Å²) in [6.07, 6.45) is 0.398. The fraction of sp³-hybridized carbons (Fsp3) is 0.481. The highest BCUT2D eigenvalue weighted by molar-refractivity contribution is 6.30. The van der Waals surface area contributed by atoms with Crippen molar-refractivity contribution in [3.63, 3.8) is 0 Å². The van der Waals surface area contributed by atoms with E-state index in [9.17, 15) is 14.7 Å². The van der Waals surface area contributed by atoms with Gasteiger partial charge in [0.15, 0.2) is 0 Å². The van der Waals surface area contributed by atoms with E-state index in [1.54, 1.807) is 17.0 Å². The molecule has 0 aliphatic carbocycles. The van der Waals surface area contributed by atoms with Crippen LogP contribution in [-0.4, -0.2) is 41.1 Å². The molecule has 1 fully saturated rings. The zero-order valence-corrected chi connectivity index (χ0v) is 21.4. The summed E-state index contributed by atoms with van der Waals surface area (Å²) in [4.78, 5) is 28.0. The van der Waals surface area contributed by atoms with Crippen LogP contribution in [0.4, 0.5) is 4.79 Å². The van der Waals surface area contributed by atoms with Crippen LogP contribution in [0.2, 0.25) is 5.02 Å². The number of benzene rings is 2. The Morgan fingerprint density at radius 1 is 1.00 bits per heavy atom. The Hall–Kier alpha value is -2.57. The second kappa shape index (κ2) is 10.4. The van der Waals surface area contributed by atoms with Gasteiger partial charge in [-0.05, 0) is 42.5 Å². The smallest absolute Gasteiger partial charge is 0.315 e. The van der Waals surface area contributed by atoms with E-state index in [2.05, 4.69) is 10.6 Å². The number of hydrogen-bond acceptors (Lipinski definition) is 3. The number of urea groups is 1. The van der Waals surface area contributed by atoms with Gasteiger partial charge in [0.1, 0.15) is 6.04 Å². The van der Waals surface area contributed by atoms with Crippen LogP contribution in [-0.2, 0) is 10.4 Å². The molecule has 0 radical (unpaired) electrons. The summed E-state index contributed by atoms with van der Waals surface area (Å²) in [5, 5.41) is 18.0. The van der Waals surface area contributed by atoms with Crippen molar-refractivity contribution in [2.45, 2.75) is 58.7 Å². The summed E-state index contributed by atoms with van der Waals surface area (Å²) in [7, 11) is 0. The van der Waals surface area contributed by atoms with E-state index in [0.717, 1.165) is 11.1 Å². The average Bonchev–Trinajstić information content (AvgIpc) is 2.79. The number of nitrogens with one attached hydrogen (secondary N) is 2. The Kier molecular flexibility index (Phi) is 7.94. The number of carbonyl (C=O) groups is 2. The fourth-order valence-electron chi connectivity index (χ4n) is 4.69. The maximum atomic E-state index is 13.5. The van der Waals surface area contributed by atoms with Crippen molar-refractivity contribution >= 4 is 23.5 Å². The van der Waals surface area contributed by atoms with Crippen molar-refractivity contribution < 1.29 is 14.7 Å². The predicted octanol–water partition coefficient (Wildman–Crippen LogP) is 4.87. The average molecular weight is 486 g/mol. The summed E-state index contributed by atoms with van der Waals surface area (Å²) in [5.41, 5.74) is 0.101. The van der Waals surface area contributed by atoms with E-state index >= 15 is 0 Å². The number of likely N-dealkylation sites (tertiary alicyclic amines) is 1. The van der Waals surface area contributed by atoms with Crippen LogP contribution >= 0.6 is 11.6 Å². The molecule has 6 nitrogen and oxygen atoms in total. The maximum Gasteiger partial charge on any atom is 0.315 e. The molecule has 34 heavy (non-hydrogen) atoms. The molecule has 3 atom stereocenters. The summed E-state index contributed by atoms with van der Waals surface area (Å²) in [5.74, 6) is -0.228. The first-order chi connectivity index (χ1) is 15.9. The number of nitrogens with zero attached hydrogens (tertiary/aromatic N) is 1. The van der Waals surface area contributed by atoms with Gasteiger partial charge >= 0.3 is 6.03 Å². The van der Waals surface area contributed by atoms with Crippen LogP contribution in [0.3, 0.4) is 0 Å². The second-order valence-corrected chi connectivity index (χ2v) is 10.7. The highest BCUT2D eigenvalue weighted by Gasteiger charge is 2.50. The number of rotatable bonds is 6. The van der Waals surface area contributed by atoms with Crippen LogP contribution in [0.1, 0.15) is 58.2 Å². The molecule has 0 bridgehead atoms. The molecule has 0 aromatic heterocycles.